The van der Waals surface area contributed by atoms with E-state index in [0.29, 0.717) is 22.7 Å². The first-order valence-corrected chi connectivity index (χ1v) is 8.41. The highest BCUT2D eigenvalue weighted by molar-refractivity contribution is 6.31. The van der Waals surface area contributed by atoms with Crippen molar-refractivity contribution in [3.05, 3.63) is 64.4 Å². The molecule has 1 aliphatic rings. The predicted octanol–water partition coefficient (Wildman–Crippen LogP) is 3.68. The second kappa shape index (κ2) is 7.23. The molecule has 2 atom stereocenters. The third-order valence-corrected chi connectivity index (χ3v) is 4.72. The molecule has 0 aliphatic heterocycles. The van der Waals surface area contributed by atoms with Crippen molar-refractivity contribution in [2.24, 2.45) is 11.8 Å². The standard InChI is InChI=1S/C19H18ClFN2O2/c1-11-6-7-13(8-16(11)20)23-19(25)15-9-14(15)18(24)22-10-12-4-2-3-5-17(12)21/h2-8,14-15H,9-10H2,1H3,(H,22,24)(H,23,25). The highest BCUT2D eigenvalue weighted by Gasteiger charge is 2.47. The number of anilines is 1. The van der Waals surface area contributed by atoms with Crippen LogP contribution in [-0.4, -0.2) is 11.8 Å². The minimum atomic E-state index is -0.368. The van der Waals surface area contributed by atoms with E-state index in [2.05, 4.69) is 10.6 Å². The number of hydrogen-bond acceptors (Lipinski definition) is 2. The van der Waals surface area contributed by atoms with Crippen LogP contribution in [0.3, 0.4) is 0 Å². The molecule has 2 aromatic rings. The molecule has 130 valence electrons. The third kappa shape index (κ3) is 4.17. The minimum absolute atomic E-state index is 0.115. The highest BCUT2D eigenvalue weighted by atomic mass is 35.5. The predicted molar refractivity (Wildman–Crippen MR) is 94.7 cm³/mol. The van der Waals surface area contributed by atoms with Crippen molar-refractivity contribution in [3.63, 3.8) is 0 Å². The van der Waals surface area contributed by atoms with Gasteiger partial charge in [0, 0.05) is 22.8 Å². The lowest BCUT2D eigenvalue weighted by molar-refractivity contribution is -0.125. The van der Waals surface area contributed by atoms with Gasteiger partial charge >= 0.3 is 0 Å². The molecule has 1 saturated carbocycles. The molecule has 4 nitrogen and oxygen atoms in total. The van der Waals surface area contributed by atoms with Crippen LogP contribution in [0.25, 0.3) is 0 Å². The van der Waals surface area contributed by atoms with Crippen molar-refractivity contribution in [2.45, 2.75) is 19.9 Å². The number of hydrogen-bond donors (Lipinski definition) is 2. The number of halogens is 2. The van der Waals surface area contributed by atoms with Gasteiger partial charge < -0.3 is 10.6 Å². The highest BCUT2D eigenvalue weighted by Crippen LogP contribution is 2.39. The van der Waals surface area contributed by atoms with Crippen molar-refractivity contribution in [1.29, 1.82) is 0 Å². The summed E-state index contributed by atoms with van der Waals surface area (Å²) in [6.45, 7) is 1.99. The Kier molecular flexibility index (Phi) is 5.04. The van der Waals surface area contributed by atoms with Crippen molar-refractivity contribution in [3.8, 4) is 0 Å². The topological polar surface area (TPSA) is 58.2 Å². The summed E-state index contributed by atoms with van der Waals surface area (Å²) in [6.07, 6.45) is 0.495. The van der Waals surface area contributed by atoms with E-state index >= 15 is 0 Å². The summed E-state index contributed by atoms with van der Waals surface area (Å²) < 4.78 is 13.5. The minimum Gasteiger partial charge on any atom is -0.352 e. The summed E-state index contributed by atoms with van der Waals surface area (Å²) >= 11 is 6.04. The van der Waals surface area contributed by atoms with Gasteiger partial charge in [-0.2, -0.15) is 0 Å². The Hall–Kier alpha value is -2.40. The Labute approximate surface area is 150 Å². The van der Waals surface area contributed by atoms with Gasteiger partial charge in [0.05, 0.1) is 11.8 Å². The fourth-order valence-corrected chi connectivity index (χ4v) is 2.82. The van der Waals surface area contributed by atoms with Crippen LogP contribution in [0.1, 0.15) is 17.5 Å². The fraction of sp³-hybridized carbons (Fsp3) is 0.263. The molecule has 3 rings (SSSR count). The summed E-state index contributed by atoms with van der Waals surface area (Å²) in [5.41, 5.74) is 1.96. The molecule has 25 heavy (non-hydrogen) atoms. The smallest absolute Gasteiger partial charge is 0.228 e. The summed E-state index contributed by atoms with van der Waals surface area (Å²) in [7, 11) is 0. The van der Waals surface area contributed by atoms with E-state index < -0.39 is 0 Å². The van der Waals surface area contributed by atoms with Gasteiger partial charge in [-0.1, -0.05) is 35.9 Å². The van der Waals surface area contributed by atoms with Crippen LogP contribution in [-0.2, 0) is 16.1 Å². The molecular formula is C19H18ClFN2O2. The van der Waals surface area contributed by atoms with Gasteiger partial charge in [0.1, 0.15) is 5.82 Å². The zero-order valence-electron chi connectivity index (χ0n) is 13.7. The number of nitrogens with one attached hydrogen (secondary N) is 2. The average molecular weight is 361 g/mol. The first-order chi connectivity index (χ1) is 12.0. The molecule has 2 amide bonds. The number of carbonyl (C=O) groups is 2. The van der Waals surface area contributed by atoms with Crippen LogP contribution < -0.4 is 10.6 Å². The van der Waals surface area contributed by atoms with Crippen LogP contribution in [0, 0.1) is 24.6 Å². The molecule has 0 spiro atoms. The molecule has 0 radical (unpaired) electrons. The van der Waals surface area contributed by atoms with E-state index in [4.69, 9.17) is 11.6 Å². The third-order valence-electron chi connectivity index (χ3n) is 4.31. The Morgan fingerprint density at radius 3 is 2.60 bits per heavy atom. The van der Waals surface area contributed by atoms with E-state index in [1.807, 2.05) is 13.0 Å². The normalized spacial score (nSPS) is 18.5. The molecular weight excluding hydrogens is 343 g/mol. The summed E-state index contributed by atoms with van der Waals surface area (Å²) in [6, 6.07) is 11.6. The Morgan fingerprint density at radius 1 is 1.16 bits per heavy atom. The maximum atomic E-state index is 13.5. The number of aryl methyl sites for hydroxylation is 1. The first kappa shape index (κ1) is 17.4. The SMILES string of the molecule is Cc1ccc(NC(=O)C2CC2C(=O)NCc2ccccc2F)cc1Cl. The molecule has 0 saturated heterocycles. The number of rotatable bonds is 5. The Morgan fingerprint density at radius 2 is 1.88 bits per heavy atom. The largest absolute Gasteiger partial charge is 0.352 e. The quantitative estimate of drug-likeness (QED) is 0.854. The van der Waals surface area contributed by atoms with E-state index in [9.17, 15) is 14.0 Å². The zero-order chi connectivity index (χ0) is 18.0. The second-order valence-corrected chi connectivity index (χ2v) is 6.62. The van der Waals surface area contributed by atoms with Crippen molar-refractivity contribution in [1.82, 2.24) is 5.32 Å². The zero-order valence-corrected chi connectivity index (χ0v) is 14.4. The molecule has 0 bridgehead atoms. The molecule has 0 aromatic heterocycles. The summed E-state index contributed by atoms with van der Waals surface area (Å²) in [4.78, 5) is 24.3. The maximum absolute atomic E-state index is 13.5. The summed E-state index contributed by atoms with van der Waals surface area (Å²) in [5, 5.41) is 6.04. The van der Waals surface area contributed by atoms with E-state index in [1.54, 1.807) is 30.3 Å². The lowest BCUT2D eigenvalue weighted by Crippen LogP contribution is -2.27. The van der Waals surface area contributed by atoms with Crippen LogP contribution in [0.4, 0.5) is 10.1 Å². The Bertz CT molecular complexity index is 825. The van der Waals surface area contributed by atoms with Gasteiger partial charge in [-0.15, -0.1) is 0 Å². The van der Waals surface area contributed by atoms with Gasteiger partial charge in [-0.05, 0) is 37.1 Å². The molecule has 0 heterocycles. The molecule has 1 aliphatic carbocycles. The van der Waals surface area contributed by atoms with Gasteiger partial charge in [-0.3, -0.25) is 9.59 Å². The van der Waals surface area contributed by atoms with Crippen molar-refractivity contribution < 1.29 is 14.0 Å². The monoisotopic (exact) mass is 360 g/mol. The lowest BCUT2D eigenvalue weighted by Gasteiger charge is -2.08. The lowest BCUT2D eigenvalue weighted by atomic mass is 10.2. The van der Waals surface area contributed by atoms with Crippen LogP contribution >= 0.6 is 11.6 Å². The molecule has 6 heteroatoms. The average Bonchev–Trinajstić information content (AvgIpc) is 3.38. The number of benzene rings is 2. The van der Waals surface area contributed by atoms with Crippen LogP contribution in [0.15, 0.2) is 42.5 Å². The van der Waals surface area contributed by atoms with Crippen LogP contribution in [0.5, 0.6) is 0 Å². The van der Waals surface area contributed by atoms with Crippen molar-refractivity contribution in [2.75, 3.05) is 5.32 Å². The van der Waals surface area contributed by atoms with Crippen molar-refractivity contribution >= 4 is 29.1 Å². The van der Waals surface area contributed by atoms with Gasteiger partial charge in [0.25, 0.3) is 0 Å². The fourth-order valence-electron chi connectivity index (χ4n) is 2.64. The maximum Gasteiger partial charge on any atom is 0.228 e. The van der Waals surface area contributed by atoms with E-state index in [-0.39, 0.29) is 36.0 Å². The molecule has 2 unspecified atom stereocenters. The number of carbonyl (C=O) groups excluding carboxylic acids is 2. The first-order valence-electron chi connectivity index (χ1n) is 8.04. The second-order valence-electron chi connectivity index (χ2n) is 6.21. The molecule has 2 aromatic carbocycles. The van der Waals surface area contributed by atoms with Gasteiger partial charge in [0.15, 0.2) is 0 Å². The number of amides is 2. The molecule has 2 N–H and O–H groups in total. The van der Waals surface area contributed by atoms with Crippen LogP contribution in [0.2, 0.25) is 5.02 Å². The van der Waals surface area contributed by atoms with E-state index in [1.165, 1.54) is 6.07 Å². The van der Waals surface area contributed by atoms with E-state index in [0.717, 1.165) is 5.56 Å². The molecule has 1 fully saturated rings. The van der Waals surface area contributed by atoms with Gasteiger partial charge in [0.2, 0.25) is 11.8 Å². The van der Waals surface area contributed by atoms with Gasteiger partial charge in [-0.25, -0.2) is 4.39 Å². The summed E-state index contributed by atoms with van der Waals surface area (Å²) in [5.74, 6) is -1.52. The Balaban J connectivity index is 1.51.